The zero-order chi connectivity index (χ0) is 16.9. The van der Waals surface area contributed by atoms with Crippen LogP contribution in [0.15, 0.2) is 53.4 Å². The molecular formula is C17H16N2O3S. The number of carbonyl (C=O) groups excluding carboxylic acids is 1. The van der Waals surface area contributed by atoms with Gasteiger partial charge in [-0.3, -0.25) is 4.79 Å². The molecule has 118 valence electrons. The fourth-order valence-corrected chi connectivity index (χ4v) is 2.70. The van der Waals surface area contributed by atoms with Gasteiger partial charge in [0, 0.05) is 18.4 Å². The number of anilines is 1. The molecule has 1 amide bonds. The first-order valence-corrected chi connectivity index (χ1v) is 8.86. The predicted octanol–water partition coefficient (Wildman–Crippen LogP) is 2.53. The molecule has 2 aromatic rings. The number of hydrogen-bond acceptors (Lipinski definition) is 4. The molecule has 0 radical (unpaired) electrons. The Hall–Kier alpha value is -2.65. The first-order valence-electron chi connectivity index (χ1n) is 6.97. The number of aryl methyl sites for hydroxylation is 1. The van der Waals surface area contributed by atoms with Crippen LogP contribution in [0.1, 0.15) is 17.5 Å². The van der Waals surface area contributed by atoms with Crippen LogP contribution in [0.5, 0.6) is 0 Å². The lowest BCUT2D eigenvalue weighted by atomic mass is 10.1. The molecule has 2 aromatic carbocycles. The first-order chi connectivity index (χ1) is 10.9. The van der Waals surface area contributed by atoms with Crippen LogP contribution in [0, 0.1) is 11.3 Å². The Morgan fingerprint density at radius 1 is 1.17 bits per heavy atom. The van der Waals surface area contributed by atoms with Crippen LogP contribution in [-0.2, 0) is 21.1 Å². The summed E-state index contributed by atoms with van der Waals surface area (Å²) in [5, 5.41) is 11.4. The summed E-state index contributed by atoms with van der Waals surface area (Å²) in [4.78, 5) is 12.1. The molecule has 0 heterocycles. The third-order valence-electron chi connectivity index (χ3n) is 3.27. The molecule has 0 aromatic heterocycles. The number of carbonyl (C=O) groups is 1. The summed E-state index contributed by atoms with van der Waals surface area (Å²) >= 11 is 0. The van der Waals surface area contributed by atoms with Gasteiger partial charge in [0.2, 0.25) is 5.91 Å². The van der Waals surface area contributed by atoms with Gasteiger partial charge < -0.3 is 5.32 Å². The number of nitrogens with one attached hydrogen (secondary N) is 1. The summed E-state index contributed by atoms with van der Waals surface area (Å²) in [7, 11) is -3.30. The monoisotopic (exact) mass is 328 g/mol. The van der Waals surface area contributed by atoms with Crippen molar-refractivity contribution in [1.82, 2.24) is 0 Å². The Morgan fingerprint density at radius 3 is 2.48 bits per heavy atom. The summed E-state index contributed by atoms with van der Waals surface area (Å²) in [6.07, 6.45) is 1.94. The molecule has 0 atom stereocenters. The fraction of sp³-hybridized carbons (Fsp3) is 0.176. The maximum Gasteiger partial charge on any atom is 0.224 e. The molecule has 0 fully saturated rings. The zero-order valence-corrected chi connectivity index (χ0v) is 13.4. The van der Waals surface area contributed by atoms with Gasteiger partial charge in [-0.15, -0.1) is 0 Å². The average Bonchev–Trinajstić information content (AvgIpc) is 2.53. The van der Waals surface area contributed by atoms with Crippen molar-refractivity contribution in [3.63, 3.8) is 0 Å². The SMILES string of the molecule is CS(=O)(=O)c1cccc(NC(=O)CCc2ccc(C#N)cc2)c1. The summed E-state index contributed by atoms with van der Waals surface area (Å²) < 4.78 is 23.0. The number of amides is 1. The number of nitriles is 1. The van der Waals surface area contributed by atoms with Crippen LogP contribution >= 0.6 is 0 Å². The minimum Gasteiger partial charge on any atom is -0.326 e. The minimum absolute atomic E-state index is 0.169. The molecule has 5 nitrogen and oxygen atoms in total. The molecule has 2 rings (SSSR count). The van der Waals surface area contributed by atoms with Gasteiger partial charge in [0.1, 0.15) is 0 Å². The second-order valence-corrected chi connectivity index (χ2v) is 7.17. The summed E-state index contributed by atoms with van der Waals surface area (Å²) in [6.45, 7) is 0. The molecule has 6 heteroatoms. The minimum atomic E-state index is -3.30. The van der Waals surface area contributed by atoms with E-state index < -0.39 is 9.84 Å². The molecule has 0 saturated heterocycles. The highest BCUT2D eigenvalue weighted by atomic mass is 32.2. The number of rotatable bonds is 5. The number of sulfone groups is 1. The normalized spacial score (nSPS) is 10.8. The van der Waals surface area contributed by atoms with E-state index in [1.807, 2.05) is 18.2 Å². The standard InChI is InChI=1S/C17H16N2O3S/c1-23(21,22)16-4-2-3-15(11-16)19-17(20)10-9-13-5-7-14(12-18)8-6-13/h2-8,11H,9-10H2,1H3,(H,19,20). The average molecular weight is 328 g/mol. The fourth-order valence-electron chi connectivity index (χ4n) is 2.03. The highest BCUT2D eigenvalue weighted by molar-refractivity contribution is 7.90. The zero-order valence-electron chi connectivity index (χ0n) is 12.6. The number of benzene rings is 2. The van der Waals surface area contributed by atoms with Crippen molar-refractivity contribution >= 4 is 21.4 Å². The van der Waals surface area contributed by atoms with Crippen LogP contribution in [-0.4, -0.2) is 20.6 Å². The Kier molecular flexibility index (Phi) is 5.14. The van der Waals surface area contributed by atoms with Crippen molar-refractivity contribution in [2.75, 3.05) is 11.6 Å². The largest absolute Gasteiger partial charge is 0.326 e. The maximum absolute atomic E-state index is 12.0. The van der Waals surface area contributed by atoms with E-state index in [2.05, 4.69) is 5.32 Å². The van der Waals surface area contributed by atoms with Gasteiger partial charge in [-0.2, -0.15) is 5.26 Å². The van der Waals surface area contributed by atoms with Gasteiger partial charge in [-0.05, 0) is 42.3 Å². The second-order valence-electron chi connectivity index (χ2n) is 5.16. The Balaban J connectivity index is 1.96. The predicted molar refractivity (Wildman–Crippen MR) is 87.7 cm³/mol. The smallest absolute Gasteiger partial charge is 0.224 e. The number of hydrogen-bond donors (Lipinski definition) is 1. The van der Waals surface area contributed by atoms with Crippen LogP contribution in [0.3, 0.4) is 0 Å². The Labute approximate surface area is 135 Å². The van der Waals surface area contributed by atoms with E-state index in [0.29, 0.717) is 17.7 Å². The summed E-state index contributed by atoms with van der Waals surface area (Å²) in [6, 6.07) is 15.3. The van der Waals surface area contributed by atoms with Gasteiger partial charge in [-0.25, -0.2) is 8.42 Å². The highest BCUT2D eigenvalue weighted by Gasteiger charge is 2.09. The van der Waals surface area contributed by atoms with Crippen LogP contribution in [0.25, 0.3) is 0 Å². The molecule has 0 aliphatic heterocycles. The topological polar surface area (TPSA) is 87.0 Å². The molecule has 1 N–H and O–H groups in total. The van der Waals surface area contributed by atoms with Crippen LogP contribution in [0.2, 0.25) is 0 Å². The number of nitrogens with zero attached hydrogens (tertiary/aromatic N) is 1. The van der Waals surface area contributed by atoms with Gasteiger partial charge in [0.15, 0.2) is 9.84 Å². The van der Waals surface area contributed by atoms with Crippen molar-refractivity contribution in [2.45, 2.75) is 17.7 Å². The molecule has 0 spiro atoms. The lowest BCUT2D eigenvalue weighted by Crippen LogP contribution is -2.12. The van der Waals surface area contributed by atoms with Gasteiger partial charge in [0.05, 0.1) is 16.5 Å². The van der Waals surface area contributed by atoms with E-state index in [4.69, 9.17) is 5.26 Å². The van der Waals surface area contributed by atoms with E-state index >= 15 is 0 Å². The maximum atomic E-state index is 12.0. The second kappa shape index (κ2) is 7.07. The van der Waals surface area contributed by atoms with Crippen molar-refractivity contribution in [3.8, 4) is 6.07 Å². The third-order valence-corrected chi connectivity index (χ3v) is 4.38. The summed E-state index contributed by atoms with van der Waals surface area (Å²) in [5.41, 5.74) is 2.00. The molecule has 0 aliphatic carbocycles. The molecular weight excluding hydrogens is 312 g/mol. The van der Waals surface area contributed by atoms with Crippen molar-refractivity contribution in [2.24, 2.45) is 0 Å². The molecule has 23 heavy (non-hydrogen) atoms. The molecule has 0 saturated carbocycles. The van der Waals surface area contributed by atoms with Crippen LogP contribution in [0.4, 0.5) is 5.69 Å². The Morgan fingerprint density at radius 2 is 1.87 bits per heavy atom. The lowest BCUT2D eigenvalue weighted by molar-refractivity contribution is -0.116. The highest BCUT2D eigenvalue weighted by Crippen LogP contribution is 2.16. The third kappa shape index (κ3) is 4.94. The van der Waals surface area contributed by atoms with Crippen molar-refractivity contribution < 1.29 is 13.2 Å². The van der Waals surface area contributed by atoms with Gasteiger partial charge >= 0.3 is 0 Å². The van der Waals surface area contributed by atoms with E-state index in [1.165, 1.54) is 12.1 Å². The van der Waals surface area contributed by atoms with E-state index in [9.17, 15) is 13.2 Å². The first kappa shape index (κ1) is 16.7. The van der Waals surface area contributed by atoms with E-state index in [0.717, 1.165) is 11.8 Å². The van der Waals surface area contributed by atoms with Gasteiger partial charge in [-0.1, -0.05) is 18.2 Å². The van der Waals surface area contributed by atoms with Crippen LogP contribution < -0.4 is 5.32 Å². The van der Waals surface area contributed by atoms with E-state index in [-0.39, 0.29) is 17.2 Å². The van der Waals surface area contributed by atoms with Crippen molar-refractivity contribution in [3.05, 3.63) is 59.7 Å². The molecule has 0 unspecified atom stereocenters. The van der Waals surface area contributed by atoms with Gasteiger partial charge in [0.25, 0.3) is 0 Å². The Bertz CT molecular complexity index is 850. The quantitative estimate of drug-likeness (QED) is 0.913. The lowest BCUT2D eigenvalue weighted by Gasteiger charge is -2.07. The molecule has 0 aliphatic rings. The summed E-state index contributed by atoms with van der Waals surface area (Å²) in [5.74, 6) is -0.194. The van der Waals surface area contributed by atoms with E-state index in [1.54, 1.807) is 24.3 Å². The van der Waals surface area contributed by atoms with Crippen molar-refractivity contribution in [1.29, 1.82) is 5.26 Å². The molecule has 0 bridgehead atoms.